The van der Waals surface area contributed by atoms with E-state index in [4.69, 9.17) is 29.2 Å². The lowest BCUT2D eigenvalue weighted by Crippen LogP contribution is -2.31. The summed E-state index contributed by atoms with van der Waals surface area (Å²) in [5.74, 6) is -2.92. The molecule has 260 valence electrons. The zero-order valence-electron chi connectivity index (χ0n) is 25.9. The van der Waals surface area contributed by atoms with Crippen molar-refractivity contribution in [2.45, 2.75) is 37.0 Å². The van der Waals surface area contributed by atoms with E-state index in [1.807, 2.05) is 0 Å². The third kappa shape index (κ3) is 17.9. The van der Waals surface area contributed by atoms with E-state index in [-0.39, 0.29) is 88.1 Å². The number of carbonyl (C=O) groups is 4. The summed E-state index contributed by atoms with van der Waals surface area (Å²) >= 11 is 0. The monoisotopic (exact) mass is 683 g/mol. The lowest BCUT2D eigenvalue weighted by atomic mass is 10.1. The van der Waals surface area contributed by atoms with Gasteiger partial charge in [-0.1, -0.05) is 18.6 Å². The van der Waals surface area contributed by atoms with Gasteiger partial charge in [0, 0.05) is 31.9 Å². The van der Waals surface area contributed by atoms with Gasteiger partial charge in [0.2, 0.25) is 11.9 Å². The summed E-state index contributed by atoms with van der Waals surface area (Å²) in [6.07, 6.45) is 5.11. The molecule has 0 aliphatic heterocycles. The number of nitrogens with zero attached hydrogens (tertiary/aromatic N) is 2. The summed E-state index contributed by atoms with van der Waals surface area (Å²) in [6.45, 7) is 0.980. The van der Waals surface area contributed by atoms with Gasteiger partial charge in [-0.2, -0.15) is 0 Å². The highest BCUT2D eigenvalue weighted by Crippen LogP contribution is 2.17. The van der Waals surface area contributed by atoms with Crippen LogP contribution in [0.4, 0.5) is 5.95 Å². The predicted molar refractivity (Wildman–Crippen MR) is 165 cm³/mol. The first-order valence-corrected chi connectivity index (χ1v) is 16.3. The molecule has 1 heterocycles. The van der Waals surface area contributed by atoms with Crippen LogP contribution in [0.1, 0.15) is 41.6 Å². The zero-order chi connectivity index (χ0) is 34.3. The van der Waals surface area contributed by atoms with E-state index in [1.54, 1.807) is 18.2 Å². The third-order valence-electron chi connectivity index (χ3n) is 6.01. The van der Waals surface area contributed by atoms with Crippen molar-refractivity contribution in [3.8, 4) is 0 Å². The van der Waals surface area contributed by atoms with E-state index in [1.165, 1.54) is 18.5 Å². The fraction of sp³-hybridized carbons (Fsp3) is 0.517. The third-order valence-corrected chi connectivity index (χ3v) is 7.33. The molecule has 47 heavy (non-hydrogen) atoms. The average Bonchev–Trinajstić information content (AvgIpc) is 3.03. The van der Waals surface area contributed by atoms with Crippen molar-refractivity contribution in [1.82, 2.24) is 20.6 Å². The summed E-state index contributed by atoms with van der Waals surface area (Å²) in [5.41, 5.74) is 0.916. The highest BCUT2D eigenvalue weighted by molar-refractivity contribution is 7.92. The molecule has 0 saturated heterocycles. The summed E-state index contributed by atoms with van der Waals surface area (Å²) in [5, 5.41) is 22.4. The van der Waals surface area contributed by atoms with Gasteiger partial charge < -0.3 is 39.8 Å². The molecule has 0 unspecified atom stereocenters. The van der Waals surface area contributed by atoms with E-state index < -0.39 is 34.5 Å². The molecular formula is C29H41N5O12S. The number of rotatable bonds is 26. The van der Waals surface area contributed by atoms with Crippen LogP contribution in [0.25, 0.3) is 0 Å². The smallest absolute Gasteiger partial charge is 0.329 e. The molecule has 5 N–H and O–H groups in total. The fourth-order valence-electron chi connectivity index (χ4n) is 3.74. The van der Waals surface area contributed by atoms with Crippen LogP contribution in [0.2, 0.25) is 0 Å². The Balaban J connectivity index is 1.58. The lowest BCUT2D eigenvalue weighted by Gasteiger charge is -2.09. The Kier molecular flexibility index (Phi) is 18.5. The van der Waals surface area contributed by atoms with Gasteiger partial charge in [-0.25, -0.2) is 27.9 Å². The number of aryl methyl sites for hydroxylation is 1. The van der Waals surface area contributed by atoms with Gasteiger partial charge in [-0.15, -0.1) is 0 Å². The molecular weight excluding hydrogens is 642 g/mol. The molecule has 0 aliphatic rings. The molecule has 2 aromatic rings. The molecule has 2 rings (SSSR count). The Labute approximate surface area is 272 Å². The topological polar surface area (TPSA) is 242 Å². The van der Waals surface area contributed by atoms with Crippen LogP contribution in [0.15, 0.2) is 41.6 Å². The van der Waals surface area contributed by atoms with E-state index in [2.05, 4.69) is 25.3 Å². The first-order valence-electron chi connectivity index (χ1n) is 14.8. The Morgan fingerprint density at radius 3 is 2.04 bits per heavy atom. The molecule has 2 amide bonds. The molecule has 17 nitrogen and oxygen atoms in total. The van der Waals surface area contributed by atoms with Gasteiger partial charge in [0.1, 0.15) is 13.2 Å². The Morgan fingerprint density at radius 2 is 1.38 bits per heavy atom. The fourth-order valence-corrected chi connectivity index (χ4v) is 4.77. The molecule has 18 heteroatoms. The number of hydrogen-bond donors (Lipinski definition) is 5. The van der Waals surface area contributed by atoms with Crippen molar-refractivity contribution in [1.29, 1.82) is 0 Å². The summed E-state index contributed by atoms with van der Waals surface area (Å²) in [6, 6.07) is 6.41. The highest BCUT2D eigenvalue weighted by atomic mass is 32.2. The quantitative estimate of drug-likeness (QED) is 0.0847. The lowest BCUT2D eigenvalue weighted by molar-refractivity contribution is -0.143. The van der Waals surface area contributed by atoms with E-state index >= 15 is 0 Å². The second kappa shape index (κ2) is 22.3. The summed E-state index contributed by atoms with van der Waals surface area (Å²) < 4.78 is 48.5. The minimum atomic E-state index is -3.98. The molecule has 0 aliphatic carbocycles. The highest BCUT2D eigenvalue weighted by Gasteiger charge is 2.17. The molecule has 0 atom stereocenters. The molecule has 1 aromatic heterocycles. The van der Waals surface area contributed by atoms with E-state index in [0.717, 1.165) is 18.4 Å². The Hall–Kier alpha value is -4.23. The van der Waals surface area contributed by atoms with Crippen molar-refractivity contribution >= 4 is 39.7 Å². The van der Waals surface area contributed by atoms with Gasteiger partial charge >= 0.3 is 11.9 Å². The first-order chi connectivity index (χ1) is 22.6. The normalized spacial score (nSPS) is 11.1. The van der Waals surface area contributed by atoms with Gasteiger partial charge in [0.25, 0.3) is 15.9 Å². The molecule has 1 aromatic carbocycles. The largest absolute Gasteiger partial charge is 0.481 e. The van der Waals surface area contributed by atoms with Crippen LogP contribution in [0.3, 0.4) is 0 Å². The van der Waals surface area contributed by atoms with Crippen LogP contribution < -0.4 is 15.4 Å². The number of carboxylic acid groups (broad SMARTS) is 2. The van der Waals surface area contributed by atoms with Gasteiger partial charge in [-0.3, -0.25) is 14.4 Å². The molecule has 0 radical (unpaired) electrons. The van der Waals surface area contributed by atoms with Crippen molar-refractivity contribution in [2.24, 2.45) is 0 Å². The first kappa shape index (κ1) is 39.0. The second-order valence-corrected chi connectivity index (χ2v) is 11.5. The van der Waals surface area contributed by atoms with Crippen LogP contribution in [-0.4, -0.2) is 118 Å². The standard InChI is InChI=1S/C29H41N5O12S/c35-25(30-9-11-43-14-16-46-21-27(38)39)20-45-15-13-44-12-10-31-28(40)23-18-32-29(33-19-23)34-47(41,42)24-7-4-6-22(17-24)5-2-1-3-8-26(36)37/h4,6-7,17-19H,1-3,5,8-16,20-21H2,(H,30,35)(H,31,40)(H,36,37)(H,38,39)(H,32,33,34). The van der Waals surface area contributed by atoms with Crippen molar-refractivity contribution < 1.29 is 56.8 Å². The zero-order valence-corrected chi connectivity index (χ0v) is 26.7. The Bertz CT molecular complexity index is 1380. The van der Waals surface area contributed by atoms with Crippen molar-refractivity contribution in [3.63, 3.8) is 0 Å². The number of benzene rings is 1. The SMILES string of the molecule is O=C(O)CCCCCc1cccc(S(=O)(=O)Nc2ncc(C(=O)NCCOCCOCC(=O)NCCOCCOCC(=O)O)cn2)c1. The van der Waals surface area contributed by atoms with Gasteiger partial charge in [0.05, 0.1) is 50.1 Å². The van der Waals surface area contributed by atoms with Gasteiger partial charge in [-0.05, 0) is 37.0 Å². The predicted octanol–water partition coefficient (Wildman–Crippen LogP) is 0.462. The van der Waals surface area contributed by atoms with Crippen LogP contribution in [0, 0.1) is 0 Å². The number of carbonyl (C=O) groups excluding carboxylic acids is 2. The maximum absolute atomic E-state index is 12.8. The number of sulfonamides is 1. The van der Waals surface area contributed by atoms with Gasteiger partial charge in [0.15, 0.2) is 0 Å². The number of aromatic nitrogens is 2. The van der Waals surface area contributed by atoms with Crippen molar-refractivity contribution in [2.75, 3.05) is 70.7 Å². The maximum Gasteiger partial charge on any atom is 0.329 e. The van der Waals surface area contributed by atoms with E-state index in [9.17, 15) is 27.6 Å². The number of anilines is 1. The van der Waals surface area contributed by atoms with E-state index in [0.29, 0.717) is 12.8 Å². The number of amides is 2. The number of nitrogens with one attached hydrogen (secondary N) is 3. The molecule has 0 spiro atoms. The summed E-state index contributed by atoms with van der Waals surface area (Å²) in [4.78, 5) is 52.9. The average molecular weight is 684 g/mol. The number of aliphatic carboxylic acids is 2. The maximum atomic E-state index is 12.8. The number of hydrogen-bond acceptors (Lipinski definition) is 12. The minimum Gasteiger partial charge on any atom is -0.481 e. The number of carboxylic acids is 2. The molecule has 0 bridgehead atoms. The number of ether oxygens (including phenoxy) is 4. The number of unbranched alkanes of at least 4 members (excludes halogenated alkanes) is 2. The molecule has 0 fully saturated rings. The van der Waals surface area contributed by atoms with Crippen LogP contribution in [0.5, 0.6) is 0 Å². The Morgan fingerprint density at radius 1 is 0.745 bits per heavy atom. The minimum absolute atomic E-state index is 0.0284. The van der Waals surface area contributed by atoms with Crippen LogP contribution >= 0.6 is 0 Å². The van der Waals surface area contributed by atoms with Crippen molar-refractivity contribution in [3.05, 3.63) is 47.8 Å². The van der Waals surface area contributed by atoms with Crippen LogP contribution in [-0.2, 0) is 49.8 Å². The molecule has 0 saturated carbocycles. The summed E-state index contributed by atoms with van der Waals surface area (Å²) in [7, 11) is -3.98. The second-order valence-electron chi connectivity index (χ2n) is 9.83.